The van der Waals surface area contributed by atoms with E-state index >= 15 is 0 Å². The highest BCUT2D eigenvalue weighted by atomic mass is 35.5. The SMILES string of the molecule is Cc1ccc(C(=O)N2CCN(c3c(Cl)cccc3NC(=S)NC(=O)COc3ccccc3C)CC2)cc1. The molecule has 1 fully saturated rings. The first-order valence-corrected chi connectivity index (χ1v) is 12.8. The van der Waals surface area contributed by atoms with Gasteiger partial charge in [0.25, 0.3) is 11.8 Å². The van der Waals surface area contributed by atoms with Crippen LogP contribution < -0.4 is 20.3 Å². The van der Waals surface area contributed by atoms with E-state index in [4.69, 9.17) is 28.6 Å². The smallest absolute Gasteiger partial charge is 0.264 e. The Morgan fingerprint density at radius 2 is 1.65 bits per heavy atom. The average molecular weight is 537 g/mol. The number of piperazine rings is 1. The quantitative estimate of drug-likeness (QED) is 0.440. The third-order valence-corrected chi connectivity index (χ3v) is 6.63. The first-order valence-electron chi connectivity index (χ1n) is 12.0. The molecule has 1 heterocycles. The number of nitrogens with one attached hydrogen (secondary N) is 2. The van der Waals surface area contributed by atoms with Crippen LogP contribution in [0.3, 0.4) is 0 Å². The molecule has 0 saturated carbocycles. The second-order valence-corrected chi connectivity index (χ2v) is 9.65. The van der Waals surface area contributed by atoms with Crippen molar-refractivity contribution in [3.8, 4) is 5.75 Å². The lowest BCUT2D eigenvalue weighted by atomic mass is 10.1. The third kappa shape index (κ3) is 6.78. The zero-order chi connectivity index (χ0) is 26.4. The Kier molecular flexibility index (Phi) is 8.63. The molecule has 2 N–H and O–H groups in total. The molecule has 9 heteroatoms. The number of hydrogen-bond acceptors (Lipinski definition) is 5. The maximum absolute atomic E-state index is 12.9. The number of thiocarbonyl (C=S) groups is 1. The fraction of sp³-hybridized carbons (Fsp3) is 0.250. The van der Waals surface area contributed by atoms with Crippen LogP contribution in [0.5, 0.6) is 5.75 Å². The third-order valence-electron chi connectivity index (χ3n) is 6.12. The average Bonchev–Trinajstić information content (AvgIpc) is 2.88. The summed E-state index contributed by atoms with van der Waals surface area (Å²) < 4.78 is 5.59. The van der Waals surface area contributed by atoms with Crippen molar-refractivity contribution in [3.63, 3.8) is 0 Å². The van der Waals surface area contributed by atoms with Gasteiger partial charge in [0, 0.05) is 31.7 Å². The van der Waals surface area contributed by atoms with Crippen LogP contribution in [0, 0.1) is 13.8 Å². The monoisotopic (exact) mass is 536 g/mol. The van der Waals surface area contributed by atoms with E-state index in [0.29, 0.717) is 48.2 Å². The second kappa shape index (κ2) is 12.1. The predicted molar refractivity (Wildman–Crippen MR) is 152 cm³/mol. The number of aryl methyl sites for hydroxylation is 2. The normalized spacial score (nSPS) is 13.2. The van der Waals surface area contributed by atoms with Gasteiger partial charge >= 0.3 is 0 Å². The zero-order valence-electron chi connectivity index (χ0n) is 20.8. The Bertz CT molecular complexity index is 1290. The van der Waals surface area contributed by atoms with Gasteiger partial charge in [0.05, 0.1) is 16.4 Å². The number of halogens is 1. The number of amides is 2. The van der Waals surface area contributed by atoms with Crippen molar-refractivity contribution >= 4 is 52.1 Å². The van der Waals surface area contributed by atoms with Gasteiger partial charge in [-0.1, -0.05) is 53.6 Å². The molecular weight excluding hydrogens is 508 g/mol. The van der Waals surface area contributed by atoms with Gasteiger partial charge in [-0.2, -0.15) is 0 Å². The van der Waals surface area contributed by atoms with Crippen LogP contribution in [-0.4, -0.2) is 54.6 Å². The minimum atomic E-state index is -0.368. The van der Waals surface area contributed by atoms with Crippen LogP contribution in [0.4, 0.5) is 11.4 Å². The molecule has 1 aliphatic heterocycles. The molecule has 1 aliphatic rings. The highest BCUT2D eigenvalue weighted by molar-refractivity contribution is 7.80. The van der Waals surface area contributed by atoms with Crippen molar-refractivity contribution in [2.24, 2.45) is 0 Å². The molecule has 4 rings (SSSR count). The maximum Gasteiger partial charge on any atom is 0.264 e. The Morgan fingerprint density at radius 3 is 2.35 bits per heavy atom. The van der Waals surface area contributed by atoms with Gasteiger partial charge in [-0.25, -0.2) is 0 Å². The zero-order valence-corrected chi connectivity index (χ0v) is 22.4. The lowest BCUT2D eigenvalue weighted by Crippen LogP contribution is -2.49. The van der Waals surface area contributed by atoms with Gasteiger partial charge in [0.2, 0.25) is 0 Å². The van der Waals surface area contributed by atoms with Crippen LogP contribution >= 0.6 is 23.8 Å². The van der Waals surface area contributed by atoms with Gasteiger partial charge in [-0.15, -0.1) is 0 Å². The summed E-state index contributed by atoms with van der Waals surface area (Å²) in [6, 6.07) is 20.6. The van der Waals surface area contributed by atoms with Crippen molar-refractivity contribution in [1.29, 1.82) is 0 Å². The van der Waals surface area contributed by atoms with E-state index in [1.165, 1.54) is 0 Å². The van der Waals surface area contributed by atoms with Gasteiger partial charge in [0.15, 0.2) is 11.7 Å². The molecule has 0 bridgehead atoms. The van der Waals surface area contributed by atoms with Gasteiger partial charge in [-0.05, 0) is 62.0 Å². The fourth-order valence-electron chi connectivity index (χ4n) is 4.13. The molecule has 7 nitrogen and oxygen atoms in total. The number of nitrogens with zero attached hydrogens (tertiary/aromatic N) is 2. The minimum absolute atomic E-state index is 0.0222. The first-order chi connectivity index (χ1) is 17.8. The number of anilines is 2. The van der Waals surface area contributed by atoms with Crippen LogP contribution in [-0.2, 0) is 4.79 Å². The van der Waals surface area contributed by atoms with Crippen molar-refractivity contribution in [3.05, 3.63) is 88.4 Å². The number of para-hydroxylation sites is 2. The highest BCUT2D eigenvalue weighted by Gasteiger charge is 2.25. The van der Waals surface area contributed by atoms with Gasteiger partial charge < -0.3 is 19.9 Å². The molecule has 192 valence electrons. The molecule has 0 spiro atoms. The van der Waals surface area contributed by atoms with Gasteiger partial charge in [0.1, 0.15) is 5.75 Å². The Balaban J connectivity index is 1.35. The molecule has 1 saturated heterocycles. The lowest BCUT2D eigenvalue weighted by molar-refractivity contribution is -0.121. The Morgan fingerprint density at radius 1 is 0.946 bits per heavy atom. The standard InChI is InChI=1S/C28H29ClN4O3S/c1-19-10-12-21(13-11-19)27(35)33-16-14-32(15-17-33)26-22(29)7-5-8-23(26)30-28(37)31-25(34)18-36-24-9-4-3-6-20(24)2/h3-13H,14-18H2,1-2H3,(H2,30,31,34,37). The molecule has 0 radical (unpaired) electrons. The number of rotatable bonds is 6. The fourth-order valence-corrected chi connectivity index (χ4v) is 4.65. The van der Waals surface area contributed by atoms with E-state index < -0.39 is 0 Å². The second-order valence-electron chi connectivity index (χ2n) is 8.84. The van der Waals surface area contributed by atoms with E-state index in [1.54, 1.807) is 0 Å². The molecule has 2 amide bonds. The van der Waals surface area contributed by atoms with Crippen LogP contribution in [0.25, 0.3) is 0 Å². The summed E-state index contributed by atoms with van der Waals surface area (Å²) in [5, 5.41) is 6.45. The predicted octanol–water partition coefficient (Wildman–Crippen LogP) is 4.81. The Hall–Kier alpha value is -3.62. The van der Waals surface area contributed by atoms with Crippen molar-refractivity contribution in [1.82, 2.24) is 10.2 Å². The van der Waals surface area contributed by atoms with E-state index in [0.717, 1.165) is 16.8 Å². The Labute approximate surface area is 227 Å². The number of carbonyl (C=O) groups is 2. The molecule has 0 atom stereocenters. The minimum Gasteiger partial charge on any atom is -0.483 e. The summed E-state index contributed by atoms with van der Waals surface area (Å²) in [5.41, 5.74) is 4.20. The van der Waals surface area contributed by atoms with Crippen molar-refractivity contribution in [2.45, 2.75) is 13.8 Å². The van der Waals surface area contributed by atoms with E-state index in [-0.39, 0.29) is 23.5 Å². The summed E-state index contributed by atoms with van der Waals surface area (Å²) in [4.78, 5) is 29.3. The van der Waals surface area contributed by atoms with Crippen LogP contribution in [0.2, 0.25) is 5.02 Å². The summed E-state index contributed by atoms with van der Waals surface area (Å²) in [5.74, 6) is 0.301. The summed E-state index contributed by atoms with van der Waals surface area (Å²) in [6.45, 7) is 6.10. The van der Waals surface area contributed by atoms with Gasteiger partial charge in [-0.3, -0.25) is 14.9 Å². The highest BCUT2D eigenvalue weighted by Crippen LogP contribution is 2.34. The molecule has 0 aliphatic carbocycles. The van der Waals surface area contributed by atoms with Crippen LogP contribution in [0.15, 0.2) is 66.7 Å². The summed E-state index contributed by atoms with van der Waals surface area (Å²) in [6.07, 6.45) is 0. The lowest BCUT2D eigenvalue weighted by Gasteiger charge is -2.37. The largest absolute Gasteiger partial charge is 0.483 e. The summed E-state index contributed by atoms with van der Waals surface area (Å²) >= 11 is 12.0. The first kappa shape index (κ1) is 26.4. The van der Waals surface area contributed by atoms with E-state index in [2.05, 4.69) is 15.5 Å². The van der Waals surface area contributed by atoms with Crippen LogP contribution in [0.1, 0.15) is 21.5 Å². The number of carbonyl (C=O) groups excluding carboxylic acids is 2. The number of ether oxygens (including phenoxy) is 1. The molecule has 3 aromatic rings. The molecule has 37 heavy (non-hydrogen) atoms. The van der Waals surface area contributed by atoms with Crippen molar-refractivity contribution < 1.29 is 14.3 Å². The maximum atomic E-state index is 12.9. The molecular formula is C28H29ClN4O3S. The molecule has 0 unspecified atom stereocenters. The number of benzene rings is 3. The molecule has 3 aromatic carbocycles. The molecule has 0 aromatic heterocycles. The topological polar surface area (TPSA) is 73.9 Å². The number of hydrogen-bond donors (Lipinski definition) is 2. The van der Waals surface area contributed by atoms with E-state index in [1.807, 2.05) is 85.5 Å². The van der Waals surface area contributed by atoms with E-state index in [9.17, 15) is 9.59 Å². The summed E-state index contributed by atoms with van der Waals surface area (Å²) in [7, 11) is 0. The van der Waals surface area contributed by atoms with Crippen molar-refractivity contribution in [2.75, 3.05) is 43.0 Å².